The van der Waals surface area contributed by atoms with Crippen molar-refractivity contribution in [2.24, 2.45) is 5.41 Å². The van der Waals surface area contributed by atoms with Crippen molar-refractivity contribution in [2.45, 2.75) is 40.2 Å². The van der Waals surface area contributed by atoms with Gasteiger partial charge in [0.15, 0.2) is 0 Å². The van der Waals surface area contributed by atoms with E-state index in [1.54, 1.807) is 19.9 Å². The number of hydrogen-bond acceptors (Lipinski definition) is 2. The molecular weight excluding hydrogens is 175 g/mol. The monoisotopic (exact) mass is 193 g/mol. The Bertz CT molecular complexity index is 275. The standard InChI is InChI=1S/C10H18BN2O/c1-9(2,3)10(4,5)14-11-8-6-12-13-7-8/h6-7H,1-5H3,(H,12,13). The Kier molecular flexibility index (Phi) is 3.05. The van der Waals surface area contributed by atoms with Crippen LogP contribution in [-0.2, 0) is 4.65 Å². The van der Waals surface area contributed by atoms with E-state index >= 15 is 0 Å². The van der Waals surface area contributed by atoms with Crippen molar-refractivity contribution in [2.75, 3.05) is 0 Å². The van der Waals surface area contributed by atoms with Gasteiger partial charge < -0.3 is 4.65 Å². The molecule has 0 saturated carbocycles. The van der Waals surface area contributed by atoms with Crippen LogP contribution in [0.15, 0.2) is 12.4 Å². The summed E-state index contributed by atoms with van der Waals surface area (Å²) in [7, 11) is 1.74. The van der Waals surface area contributed by atoms with Crippen molar-refractivity contribution in [1.29, 1.82) is 0 Å². The number of nitrogens with zero attached hydrogens (tertiary/aromatic N) is 1. The van der Waals surface area contributed by atoms with E-state index in [1.165, 1.54) is 0 Å². The summed E-state index contributed by atoms with van der Waals surface area (Å²) in [6.45, 7) is 10.7. The van der Waals surface area contributed by atoms with Gasteiger partial charge in [0, 0.05) is 12.4 Å². The van der Waals surface area contributed by atoms with Gasteiger partial charge in [0.05, 0.1) is 5.60 Å². The first-order chi connectivity index (χ1) is 6.33. The normalized spacial score (nSPS) is 12.9. The molecule has 1 aromatic rings. The van der Waals surface area contributed by atoms with Crippen molar-refractivity contribution in [3.05, 3.63) is 12.4 Å². The lowest BCUT2D eigenvalue weighted by Crippen LogP contribution is -2.42. The molecule has 3 nitrogen and oxygen atoms in total. The van der Waals surface area contributed by atoms with Crippen molar-refractivity contribution >= 4 is 12.9 Å². The van der Waals surface area contributed by atoms with E-state index in [0.717, 1.165) is 5.46 Å². The molecule has 77 valence electrons. The van der Waals surface area contributed by atoms with Crippen molar-refractivity contribution in [3.8, 4) is 0 Å². The number of hydrogen-bond donors (Lipinski definition) is 1. The highest BCUT2D eigenvalue weighted by Gasteiger charge is 2.33. The zero-order valence-electron chi connectivity index (χ0n) is 9.59. The molecule has 1 aromatic heterocycles. The van der Waals surface area contributed by atoms with Crippen LogP contribution >= 0.6 is 0 Å². The minimum Gasteiger partial charge on any atom is -0.429 e. The smallest absolute Gasteiger partial charge is 0.333 e. The van der Waals surface area contributed by atoms with Gasteiger partial charge in [0.1, 0.15) is 0 Å². The number of nitrogens with one attached hydrogen (secondary N) is 1. The van der Waals surface area contributed by atoms with Gasteiger partial charge >= 0.3 is 7.48 Å². The van der Waals surface area contributed by atoms with Gasteiger partial charge in [0.2, 0.25) is 0 Å². The molecule has 1 N–H and O–H groups in total. The van der Waals surface area contributed by atoms with Crippen LogP contribution in [0.5, 0.6) is 0 Å². The SMILES string of the molecule is CC(C)(C)C(C)(C)O[B]c1cn[nH]c1. The van der Waals surface area contributed by atoms with E-state index in [-0.39, 0.29) is 11.0 Å². The Balaban J connectivity index is 2.53. The largest absolute Gasteiger partial charge is 0.429 e. The number of aromatic nitrogens is 2. The fraction of sp³-hybridized carbons (Fsp3) is 0.700. The van der Waals surface area contributed by atoms with Crippen molar-refractivity contribution < 1.29 is 4.65 Å². The summed E-state index contributed by atoms with van der Waals surface area (Å²) in [6, 6.07) is 0. The summed E-state index contributed by atoms with van der Waals surface area (Å²) in [5.41, 5.74) is 0.875. The maximum atomic E-state index is 5.75. The third kappa shape index (κ3) is 2.61. The molecule has 4 heteroatoms. The van der Waals surface area contributed by atoms with E-state index in [9.17, 15) is 0 Å². The van der Waals surface area contributed by atoms with Gasteiger partial charge in [-0.25, -0.2) is 0 Å². The van der Waals surface area contributed by atoms with E-state index < -0.39 is 0 Å². The number of rotatable bonds is 3. The highest BCUT2D eigenvalue weighted by atomic mass is 16.5. The Hall–Kier alpha value is -0.765. The van der Waals surface area contributed by atoms with E-state index in [1.807, 2.05) is 0 Å². The quantitative estimate of drug-likeness (QED) is 0.738. The van der Waals surface area contributed by atoms with E-state index in [0.29, 0.717) is 0 Å². The molecule has 0 unspecified atom stereocenters. The topological polar surface area (TPSA) is 37.9 Å². The summed E-state index contributed by atoms with van der Waals surface area (Å²) >= 11 is 0. The summed E-state index contributed by atoms with van der Waals surface area (Å²) in [4.78, 5) is 0. The van der Waals surface area contributed by atoms with Crippen LogP contribution in [0.3, 0.4) is 0 Å². The van der Waals surface area contributed by atoms with Gasteiger partial charge in [-0.2, -0.15) is 5.10 Å². The zero-order chi connectivity index (χ0) is 10.8. The minimum atomic E-state index is -0.190. The predicted molar refractivity (Wildman–Crippen MR) is 58.6 cm³/mol. The van der Waals surface area contributed by atoms with Crippen LogP contribution in [0.4, 0.5) is 0 Å². The second kappa shape index (κ2) is 3.77. The van der Waals surface area contributed by atoms with Crippen molar-refractivity contribution in [1.82, 2.24) is 10.2 Å². The first-order valence-corrected chi connectivity index (χ1v) is 4.83. The lowest BCUT2D eigenvalue weighted by molar-refractivity contribution is 0.00504. The zero-order valence-corrected chi connectivity index (χ0v) is 9.59. The lowest BCUT2D eigenvalue weighted by Gasteiger charge is -2.39. The Morgan fingerprint density at radius 3 is 2.36 bits per heavy atom. The van der Waals surface area contributed by atoms with Crippen LogP contribution in [-0.4, -0.2) is 23.3 Å². The Morgan fingerprint density at radius 2 is 1.93 bits per heavy atom. The first-order valence-electron chi connectivity index (χ1n) is 4.83. The molecule has 14 heavy (non-hydrogen) atoms. The van der Waals surface area contributed by atoms with Crippen LogP contribution in [0.2, 0.25) is 0 Å². The van der Waals surface area contributed by atoms with Crippen LogP contribution in [0.1, 0.15) is 34.6 Å². The number of H-pyrrole nitrogens is 1. The molecule has 0 aliphatic rings. The van der Waals surface area contributed by atoms with Gasteiger partial charge in [-0.1, -0.05) is 20.8 Å². The summed E-state index contributed by atoms with van der Waals surface area (Å²) in [6.07, 6.45) is 3.54. The second-order valence-corrected chi connectivity index (χ2v) is 5.03. The van der Waals surface area contributed by atoms with E-state index in [4.69, 9.17) is 4.65 Å². The molecule has 1 rings (SSSR count). The molecule has 0 atom stereocenters. The highest BCUT2D eigenvalue weighted by molar-refractivity contribution is 6.46. The molecule has 0 fully saturated rings. The summed E-state index contributed by atoms with van der Waals surface area (Å²) in [5.74, 6) is 0. The fourth-order valence-electron chi connectivity index (χ4n) is 0.717. The van der Waals surface area contributed by atoms with Gasteiger partial charge in [-0.15, -0.1) is 0 Å². The fourth-order valence-corrected chi connectivity index (χ4v) is 0.717. The predicted octanol–water partition coefficient (Wildman–Crippen LogP) is 1.50. The maximum absolute atomic E-state index is 5.75. The first kappa shape index (κ1) is 11.3. The molecule has 0 aliphatic heterocycles. The molecule has 1 radical (unpaired) electrons. The van der Waals surface area contributed by atoms with Gasteiger partial charge in [-0.05, 0) is 24.7 Å². The summed E-state index contributed by atoms with van der Waals surface area (Å²) in [5, 5.41) is 6.59. The summed E-state index contributed by atoms with van der Waals surface area (Å²) < 4.78 is 5.75. The Labute approximate surface area is 86.5 Å². The van der Waals surface area contributed by atoms with Gasteiger partial charge in [-0.3, -0.25) is 5.10 Å². The molecule has 0 aliphatic carbocycles. The Morgan fingerprint density at radius 1 is 1.29 bits per heavy atom. The molecule has 0 spiro atoms. The molecule has 0 bridgehead atoms. The third-order valence-electron chi connectivity index (χ3n) is 2.82. The maximum Gasteiger partial charge on any atom is 0.333 e. The van der Waals surface area contributed by atoms with Crippen molar-refractivity contribution in [3.63, 3.8) is 0 Å². The number of aromatic amines is 1. The molecule has 1 heterocycles. The highest BCUT2D eigenvalue weighted by Crippen LogP contribution is 2.32. The molecule has 0 saturated heterocycles. The molecular formula is C10H18BN2O. The second-order valence-electron chi connectivity index (χ2n) is 5.03. The van der Waals surface area contributed by atoms with Crippen LogP contribution < -0.4 is 5.46 Å². The minimum absolute atomic E-state index is 0.104. The lowest BCUT2D eigenvalue weighted by atomic mass is 9.77. The van der Waals surface area contributed by atoms with Gasteiger partial charge in [0.25, 0.3) is 0 Å². The molecule has 0 amide bonds. The molecule has 0 aromatic carbocycles. The van der Waals surface area contributed by atoms with E-state index in [2.05, 4.69) is 44.8 Å². The van der Waals surface area contributed by atoms with Crippen LogP contribution in [0, 0.1) is 5.41 Å². The third-order valence-corrected chi connectivity index (χ3v) is 2.82. The average Bonchev–Trinajstić information content (AvgIpc) is 2.50. The van der Waals surface area contributed by atoms with Crippen LogP contribution in [0.25, 0.3) is 0 Å². The average molecular weight is 193 g/mol.